The lowest BCUT2D eigenvalue weighted by Gasteiger charge is -2.17. The molecule has 3 rings (SSSR count). The molecule has 1 aromatic heterocycles. The van der Waals surface area contributed by atoms with Gasteiger partial charge in [0.05, 0.1) is 9.50 Å². The molecule has 0 aliphatic carbocycles. The van der Waals surface area contributed by atoms with Crippen LogP contribution in [0.2, 0.25) is 5.02 Å². The first kappa shape index (κ1) is 13.4. The lowest BCUT2D eigenvalue weighted by Crippen LogP contribution is -2.18. The van der Waals surface area contributed by atoms with E-state index in [1.807, 2.05) is 12.1 Å². The number of hydrogen-bond donors (Lipinski definition) is 1. The summed E-state index contributed by atoms with van der Waals surface area (Å²) in [7, 11) is 0. The van der Waals surface area contributed by atoms with Crippen molar-refractivity contribution in [2.24, 2.45) is 0 Å². The zero-order chi connectivity index (χ0) is 14.1. The number of halogens is 2. The fraction of sp³-hybridized carbons (Fsp3) is 0.143. The van der Waals surface area contributed by atoms with E-state index in [1.54, 1.807) is 12.1 Å². The van der Waals surface area contributed by atoms with Crippen LogP contribution in [0, 0.1) is 0 Å². The number of nitrogens with one attached hydrogen (secondary N) is 1. The highest BCUT2D eigenvalue weighted by molar-refractivity contribution is 9.10. The topological polar surface area (TPSA) is 51.2 Å². The summed E-state index contributed by atoms with van der Waals surface area (Å²) in [6.07, 6.45) is 2.74. The Kier molecular flexibility index (Phi) is 3.63. The number of carbonyl (C=O) groups excluding carboxylic acids is 1. The number of rotatable bonds is 2. The Balaban J connectivity index is 1.86. The second-order valence-corrected chi connectivity index (χ2v) is 5.70. The maximum atomic E-state index is 11.3. The molecule has 1 aromatic carbocycles. The number of anilines is 1. The van der Waals surface area contributed by atoms with Crippen LogP contribution in [0.3, 0.4) is 0 Å². The van der Waals surface area contributed by atoms with Crippen molar-refractivity contribution in [2.75, 3.05) is 5.32 Å². The van der Waals surface area contributed by atoms with Gasteiger partial charge in [0.15, 0.2) is 0 Å². The number of carbonyl (C=O) groups is 1. The van der Waals surface area contributed by atoms with E-state index < -0.39 is 0 Å². The Bertz CT molecular complexity index is 691. The van der Waals surface area contributed by atoms with Gasteiger partial charge in [0.1, 0.15) is 5.75 Å². The monoisotopic (exact) mass is 352 g/mol. The number of aryl methyl sites for hydroxylation is 1. The minimum Gasteiger partial charge on any atom is -0.438 e. The van der Waals surface area contributed by atoms with Gasteiger partial charge in [0.25, 0.3) is 0 Å². The summed E-state index contributed by atoms with van der Waals surface area (Å²) in [6, 6.07) is 7.28. The molecule has 2 aromatic rings. The summed E-state index contributed by atoms with van der Waals surface area (Å²) in [5.74, 6) is 1.18. The summed E-state index contributed by atoms with van der Waals surface area (Å²) in [4.78, 5) is 15.4. The smallest absolute Gasteiger partial charge is 0.233 e. The zero-order valence-corrected chi connectivity index (χ0v) is 12.7. The summed E-state index contributed by atoms with van der Waals surface area (Å²) < 4.78 is 6.42. The molecule has 0 unspecified atom stereocenters. The minimum absolute atomic E-state index is 0.0493. The molecule has 0 saturated heterocycles. The van der Waals surface area contributed by atoms with Gasteiger partial charge < -0.3 is 10.1 Å². The average Bonchev–Trinajstić information content (AvgIpc) is 2.42. The van der Waals surface area contributed by atoms with E-state index in [4.69, 9.17) is 16.3 Å². The van der Waals surface area contributed by atoms with Crippen molar-refractivity contribution in [3.8, 4) is 11.6 Å². The number of benzene rings is 1. The van der Waals surface area contributed by atoms with Crippen LogP contribution in [0.25, 0.3) is 0 Å². The van der Waals surface area contributed by atoms with Gasteiger partial charge in [-0.1, -0.05) is 11.6 Å². The molecule has 0 radical (unpaired) electrons. The molecule has 4 nitrogen and oxygen atoms in total. The van der Waals surface area contributed by atoms with Crippen molar-refractivity contribution in [3.05, 3.63) is 45.5 Å². The molecular weight excluding hydrogens is 344 g/mol. The molecule has 0 spiro atoms. The van der Waals surface area contributed by atoms with E-state index >= 15 is 0 Å². The predicted molar refractivity (Wildman–Crippen MR) is 80.4 cm³/mol. The number of ether oxygens (including phenoxy) is 1. The van der Waals surface area contributed by atoms with Gasteiger partial charge >= 0.3 is 0 Å². The first-order valence-corrected chi connectivity index (χ1v) is 7.20. The third kappa shape index (κ3) is 2.78. The highest BCUT2D eigenvalue weighted by Gasteiger charge is 2.15. The van der Waals surface area contributed by atoms with Gasteiger partial charge in [-0.3, -0.25) is 4.79 Å². The molecule has 1 amide bonds. The Morgan fingerprint density at radius 1 is 1.30 bits per heavy atom. The quantitative estimate of drug-likeness (QED) is 0.881. The normalized spacial score (nSPS) is 13.6. The molecular formula is C14H10BrClN2O2. The van der Waals surface area contributed by atoms with Crippen molar-refractivity contribution in [1.29, 1.82) is 0 Å². The van der Waals surface area contributed by atoms with Gasteiger partial charge in [0, 0.05) is 18.3 Å². The summed E-state index contributed by atoms with van der Waals surface area (Å²) in [5.41, 5.74) is 1.91. The van der Waals surface area contributed by atoms with E-state index in [0.717, 1.165) is 11.3 Å². The van der Waals surface area contributed by atoms with E-state index in [9.17, 15) is 4.79 Å². The first-order valence-electron chi connectivity index (χ1n) is 6.03. The highest BCUT2D eigenvalue weighted by atomic mass is 79.9. The number of amides is 1. The fourth-order valence-corrected chi connectivity index (χ4v) is 2.73. The van der Waals surface area contributed by atoms with Crippen molar-refractivity contribution < 1.29 is 9.53 Å². The number of pyridine rings is 1. The van der Waals surface area contributed by atoms with Crippen molar-refractivity contribution in [2.45, 2.75) is 12.8 Å². The molecule has 1 aliphatic rings. The Labute approximate surface area is 129 Å². The van der Waals surface area contributed by atoms with Crippen LogP contribution in [0.4, 0.5) is 5.69 Å². The van der Waals surface area contributed by atoms with Crippen LogP contribution < -0.4 is 10.1 Å². The second-order valence-electron chi connectivity index (χ2n) is 4.41. The van der Waals surface area contributed by atoms with E-state index in [-0.39, 0.29) is 5.91 Å². The Morgan fingerprint density at radius 3 is 2.95 bits per heavy atom. The van der Waals surface area contributed by atoms with Gasteiger partial charge in [-0.05, 0) is 52.2 Å². The number of nitrogens with zero attached hydrogens (tertiary/aromatic N) is 1. The van der Waals surface area contributed by atoms with Gasteiger partial charge in [-0.2, -0.15) is 0 Å². The summed E-state index contributed by atoms with van der Waals surface area (Å²) >= 11 is 9.20. The molecule has 2 heterocycles. The van der Waals surface area contributed by atoms with E-state index in [0.29, 0.717) is 34.0 Å². The standard InChI is InChI=1S/C14H10BrClN2O2/c15-11-6-9(16)7-17-14(11)20-10-2-3-12-8(5-10)1-4-13(19)18-12/h2-3,5-7H,1,4H2,(H,18,19). The second kappa shape index (κ2) is 5.42. The SMILES string of the molecule is O=C1CCc2cc(Oc3ncc(Cl)cc3Br)ccc2N1. The Morgan fingerprint density at radius 2 is 2.15 bits per heavy atom. The van der Waals surface area contributed by atoms with E-state index in [1.165, 1.54) is 6.20 Å². The maximum Gasteiger partial charge on any atom is 0.233 e. The summed E-state index contributed by atoms with van der Waals surface area (Å²) in [5, 5.41) is 3.37. The predicted octanol–water partition coefficient (Wildman–Crippen LogP) is 4.17. The fourth-order valence-electron chi connectivity index (χ4n) is 2.01. The Hall–Kier alpha value is -1.59. The largest absolute Gasteiger partial charge is 0.438 e. The lowest BCUT2D eigenvalue weighted by molar-refractivity contribution is -0.116. The van der Waals surface area contributed by atoms with Gasteiger partial charge in [-0.15, -0.1) is 0 Å². The zero-order valence-electron chi connectivity index (χ0n) is 10.3. The maximum absolute atomic E-state index is 11.3. The van der Waals surface area contributed by atoms with Gasteiger partial charge in [-0.25, -0.2) is 4.98 Å². The molecule has 0 bridgehead atoms. The highest BCUT2D eigenvalue weighted by Crippen LogP contribution is 2.32. The molecule has 1 aliphatic heterocycles. The lowest BCUT2D eigenvalue weighted by atomic mass is 10.0. The number of fused-ring (bicyclic) bond motifs is 1. The van der Waals surface area contributed by atoms with Crippen molar-refractivity contribution >= 4 is 39.1 Å². The van der Waals surface area contributed by atoms with Crippen molar-refractivity contribution in [3.63, 3.8) is 0 Å². The third-order valence-corrected chi connectivity index (χ3v) is 3.74. The number of hydrogen-bond acceptors (Lipinski definition) is 3. The molecule has 0 fully saturated rings. The van der Waals surface area contributed by atoms with Crippen LogP contribution in [0.5, 0.6) is 11.6 Å². The van der Waals surface area contributed by atoms with Crippen LogP contribution in [0.15, 0.2) is 34.9 Å². The average molecular weight is 354 g/mol. The molecule has 1 N–H and O–H groups in total. The molecule has 0 atom stereocenters. The van der Waals surface area contributed by atoms with Gasteiger partial charge in [0.2, 0.25) is 11.8 Å². The molecule has 102 valence electrons. The first-order chi connectivity index (χ1) is 9.61. The van der Waals surface area contributed by atoms with Crippen LogP contribution in [-0.2, 0) is 11.2 Å². The minimum atomic E-state index is 0.0493. The van der Waals surface area contributed by atoms with Crippen LogP contribution in [0.1, 0.15) is 12.0 Å². The third-order valence-electron chi connectivity index (χ3n) is 2.96. The van der Waals surface area contributed by atoms with Crippen molar-refractivity contribution in [1.82, 2.24) is 4.98 Å². The van der Waals surface area contributed by atoms with Crippen LogP contribution >= 0.6 is 27.5 Å². The van der Waals surface area contributed by atoms with E-state index in [2.05, 4.69) is 26.2 Å². The molecule has 6 heteroatoms. The van der Waals surface area contributed by atoms with Crippen LogP contribution in [-0.4, -0.2) is 10.9 Å². The molecule has 0 saturated carbocycles. The summed E-state index contributed by atoms with van der Waals surface area (Å²) in [6.45, 7) is 0. The number of aromatic nitrogens is 1. The molecule has 20 heavy (non-hydrogen) atoms.